The molecule has 0 atom stereocenters. The van der Waals surface area contributed by atoms with Crippen molar-refractivity contribution in [2.75, 3.05) is 10.6 Å². The zero-order valence-corrected chi connectivity index (χ0v) is 17.1. The largest absolute Gasteiger partial charge is 0.439 e. The molecule has 2 N–H and O–H groups in total. The molecule has 0 spiro atoms. The molecule has 2 heterocycles. The van der Waals surface area contributed by atoms with E-state index < -0.39 is 22.8 Å². The highest BCUT2D eigenvalue weighted by Crippen LogP contribution is 2.36. The summed E-state index contributed by atoms with van der Waals surface area (Å²) in [7, 11) is 0. The van der Waals surface area contributed by atoms with Gasteiger partial charge in [-0.05, 0) is 42.5 Å². The molecule has 0 aliphatic heterocycles. The molecule has 2 aromatic heterocycles. The maximum Gasteiger partial charge on any atom is 0.417 e. The fraction of sp³-hybridized carbons (Fsp3) is 0.0500. The summed E-state index contributed by atoms with van der Waals surface area (Å²) in [5.74, 6) is 0.833. The van der Waals surface area contributed by atoms with Crippen LogP contribution in [0.2, 0.25) is 5.02 Å². The van der Waals surface area contributed by atoms with Gasteiger partial charge >= 0.3 is 12.2 Å². The van der Waals surface area contributed by atoms with Crippen LogP contribution in [-0.4, -0.2) is 26.1 Å². The van der Waals surface area contributed by atoms with Gasteiger partial charge in [0.1, 0.15) is 17.8 Å². The van der Waals surface area contributed by atoms with E-state index in [0.29, 0.717) is 17.1 Å². The molecular weight excluding hydrogens is 465 g/mol. The predicted octanol–water partition coefficient (Wildman–Crippen LogP) is 5.64. The topological polar surface area (TPSA) is 115 Å². The van der Waals surface area contributed by atoms with E-state index in [1.54, 1.807) is 12.1 Å². The number of rotatable bonds is 5. The second-order valence-corrected chi connectivity index (χ2v) is 6.79. The van der Waals surface area contributed by atoms with Crippen molar-refractivity contribution in [3.8, 4) is 23.2 Å². The first-order chi connectivity index (χ1) is 15.8. The summed E-state index contributed by atoms with van der Waals surface area (Å²) in [6.45, 7) is 0. The standard InChI is InChI=1S/C20H12ClF3N6O3/c21-15-6-3-12(7-14(15)20(22,23)24)30-19(31)29-11-1-4-13(5-2-11)32-17-8-16(25-9-26-17)18-27-10-28-33-18/h1-10H,(H2,29,30,31). The average Bonchev–Trinajstić information content (AvgIpc) is 3.31. The molecule has 0 bridgehead atoms. The molecule has 0 saturated heterocycles. The maximum atomic E-state index is 13.0. The van der Waals surface area contributed by atoms with Crippen molar-refractivity contribution in [1.82, 2.24) is 20.1 Å². The van der Waals surface area contributed by atoms with Crippen LogP contribution < -0.4 is 15.4 Å². The second kappa shape index (κ2) is 9.12. The number of halogens is 4. The monoisotopic (exact) mass is 476 g/mol. The van der Waals surface area contributed by atoms with Gasteiger partial charge in [0.25, 0.3) is 5.89 Å². The third-order valence-corrected chi connectivity index (χ3v) is 4.42. The highest BCUT2D eigenvalue weighted by molar-refractivity contribution is 6.31. The van der Waals surface area contributed by atoms with E-state index in [9.17, 15) is 18.0 Å². The molecule has 168 valence electrons. The summed E-state index contributed by atoms with van der Waals surface area (Å²) >= 11 is 5.58. The van der Waals surface area contributed by atoms with Gasteiger partial charge in [0, 0.05) is 17.4 Å². The Labute approximate surface area is 188 Å². The number of carbonyl (C=O) groups is 1. The van der Waals surface area contributed by atoms with E-state index in [1.807, 2.05) is 0 Å². The first kappa shape index (κ1) is 22.0. The third-order valence-electron chi connectivity index (χ3n) is 4.09. The number of anilines is 2. The number of benzene rings is 2. The number of aromatic nitrogens is 4. The minimum Gasteiger partial charge on any atom is -0.439 e. The number of urea groups is 1. The van der Waals surface area contributed by atoms with Crippen molar-refractivity contribution in [3.63, 3.8) is 0 Å². The summed E-state index contributed by atoms with van der Waals surface area (Å²) in [5, 5.41) is 7.88. The molecule has 4 aromatic rings. The highest BCUT2D eigenvalue weighted by atomic mass is 35.5. The van der Waals surface area contributed by atoms with Crippen molar-refractivity contribution < 1.29 is 27.2 Å². The zero-order chi connectivity index (χ0) is 23.4. The molecule has 0 aliphatic rings. The molecule has 4 rings (SSSR count). The summed E-state index contributed by atoms with van der Waals surface area (Å²) in [6, 6.07) is 10.1. The Bertz CT molecular complexity index is 1270. The quantitative estimate of drug-likeness (QED) is 0.383. The van der Waals surface area contributed by atoms with E-state index in [2.05, 4.69) is 30.7 Å². The van der Waals surface area contributed by atoms with E-state index in [4.69, 9.17) is 20.9 Å². The van der Waals surface area contributed by atoms with Crippen LogP contribution in [0, 0.1) is 0 Å². The van der Waals surface area contributed by atoms with E-state index in [1.165, 1.54) is 36.9 Å². The van der Waals surface area contributed by atoms with E-state index in [0.717, 1.165) is 12.1 Å². The van der Waals surface area contributed by atoms with Gasteiger partial charge in [-0.15, -0.1) is 0 Å². The van der Waals surface area contributed by atoms with Crippen LogP contribution in [0.25, 0.3) is 11.6 Å². The molecule has 2 amide bonds. The number of nitrogens with one attached hydrogen (secondary N) is 2. The average molecular weight is 477 g/mol. The number of ether oxygens (including phenoxy) is 1. The van der Waals surface area contributed by atoms with Crippen LogP contribution >= 0.6 is 11.6 Å². The lowest BCUT2D eigenvalue weighted by atomic mass is 10.2. The fourth-order valence-electron chi connectivity index (χ4n) is 2.64. The molecule has 2 aromatic carbocycles. The van der Waals surface area contributed by atoms with Gasteiger partial charge in [0.2, 0.25) is 5.88 Å². The van der Waals surface area contributed by atoms with Gasteiger partial charge in [-0.1, -0.05) is 16.8 Å². The van der Waals surface area contributed by atoms with Gasteiger partial charge in [0.15, 0.2) is 6.33 Å². The Morgan fingerprint density at radius 2 is 1.67 bits per heavy atom. The fourth-order valence-corrected chi connectivity index (χ4v) is 2.86. The van der Waals surface area contributed by atoms with Crippen molar-refractivity contribution in [1.29, 1.82) is 0 Å². The molecule has 33 heavy (non-hydrogen) atoms. The first-order valence-electron chi connectivity index (χ1n) is 9.10. The molecule has 0 aliphatic carbocycles. The zero-order valence-electron chi connectivity index (χ0n) is 16.3. The van der Waals surface area contributed by atoms with Crippen LogP contribution in [0.5, 0.6) is 11.6 Å². The lowest BCUT2D eigenvalue weighted by Crippen LogP contribution is -2.19. The number of carbonyl (C=O) groups excluding carboxylic acids is 1. The van der Waals surface area contributed by atoms with Crippen LogP contribution in [0.15, 0.2) is 65.7 Å². The van der Waals surface area contributed by atoms with Gasteiger partial charge in [-0.25, -0.2) is 14.8 Å². The summed E-state index contributed by atoms with van der Waals surface area (Å²) in [6.07, 6.45) is -2.13. The SMILES string of the molecule is O=C(Nc1ccc(Oc2cc(-c3ncno3)ncn2)cc1)Nc1ccc(Cl)c(C(F)(F)F)c1. The van der Waals surface area contributed by atoms with Gasteiger partial charge in [-0.2, -0.15) is 18.2 Å². The summed E-state index contributed by atoms with van der Waals surface area (Å²) < 4.78 is 49.4. The Morgan fingerprint density at radius 3 is 2.36 bits per heavy atom. The lowest BCUT2D eigenvalue weighted by Gasteiger charge is -2.12. The Morgan fingerprint density at radius 1 is 0.939 bits per heavy atom. The van der Waals surface area contributed by atoms with Crippen LogP contribution in [0.1, 0.15) is 5.56 Å². The number of hydrogen-bond donors (Lipinski definition) is 2. The number of amides is 2. The predicted molar refractivity (Wildman–Crippen MR) is 111 cm³/mol. The second-order valence-electron chi connectivity index (χ2n) is 6.39. The minimum atomic E-state index is -4.64. The van der Waals surface area contributed by atoms with Crippen molar-refractivity contribution in [2.45, 2.75) is 6.18 Å². The van der Waals surface area contributed by atoms with Crippen LogP contribution in [0.3, 0.4) is 0 Å². The van der Waals surface area contributed by atoms with Gasteiger partial charge in [-0.3, -0.25) is 0 Å². The third kappa shape index (κ3) is 5.54. The summed E-state index contributed by atoms with van der Waals surface area (Å²) in [4.78, 5) is 24.1. The maximum absolute atomic E-state index is 13.0. The molecular formula is C20H12ClF3N6O3. The highest BCUT2D eigenvalue weighted by Gasteiger charge is 2.33. The minimum absolute atomic E-state index is 0.0648. The van der Waals surface area contributed by atoms with E-state index in [-0.39, 0.29) is 17.5 Å². The van der Waals surface area contributed by atoms with Crippen molar-refractivity contribution >= 4 is 29.0 Å². The molecule has 0 fully saturated rings. The molecule has 0 radical (unpaired) electrons. The van der Waals surface area contributed by atoms with Crippen molar-refractivity contribution in [3.05, 3.63) is 71.8 Å². The molecule has 9 nitrogen and oxygen atoms in total. The smallest absolute Gasteiger partial charge is 0.417 e. The molecule has 13 heteroatoms. The van der Waals surface area contributed by atoms with Crippen molar-refractivity contribution in [2.24, 2.45) is 0 Å². The lowest BCUT2D eigenvalue weighted by molar-refractivity contribution is -0.137. The normalized spacial score (nSPS) is 11.2. The molecule has 0 saturated carbocycles. The number of alkyl halides is 3. The number of nitrogens with zero attached hydrogens (tertiary/aromatic N) is 4. The first-order valence-corrected chi connectivity index (χ1v) is 9.47. The van der Waals surface area contributed by atoms with Gasteiger partial charge in [0.05, 0.1) is 10.6 Å². The van der Waals surface area contributed by atoms with Gasteiger partial charge < -0.3 is 19.9 Å². The van der Waals surface area contributed by atoms with Crippen LogP contribution in [0.4, 0.5) is 29.3 Å². The molecule has 0 unspecified atom stereocenters. The summed E-state index contributed by atoms with van der Waals surface area (Å²) in [5.41, 5.74) is -0.358. The number of hydrogen-bond acceptors (Lipinski definition) is 7. The van der Waals surface area contributed by atoms with E-state index >= 15 is 0 Å². The Hall–Kier alpha value is -4.19. The Kier molecular flexibility index (Phi) is 6.09. The van der Waals surface area contributed by atoms with Crippen LogP contribution in [-0.2, 0) is 6.18 Å². The Balaban J connectivity index is 1.38.